The molecule has 2 aliphatic heterocycles. The molecule has 17 heteroatoms. The standard InChI is InChI=1S/C39H42F3N9O4S/c1-47-35-29(6-4-7-30(35)51(38(47)55)31-13-14-34(52)45-37(31)54)49-17-15-48(16-18-49)21-23-9-11-25(12-10-23)50-22-24-19-28(32(56-2)20-27(24)46-50)44-36(53)26-5-3-8-33(43-26)39(40,41)42/h3-8,19-20,22-23,25,31H,9-18,21H2,1-2H3,(H,44,53)(H,45,52,54). The molecule has 56 heavy (non-hydrogen) atoms. The lowest BCUT2D eigenvalue weighted by molar-refractivity contribution is -0.141. The van der Waals surface area contributed by atoms with Crippen molar-refractivity contribution in [1.29, 1.82) is 0 Å². The number of pyridine rings is 1. The van der Waals surface area contributed by atoms with Crippen molar-refractivity contribution in [3.63, 3.8) is 0 Å². The van der Waals surface area contributed by atoms with E-state index in [1.807, 2.05) is 47.5 Å². The number of carbonyl (C=O) groups is 3. The number of para-hydroxylation sites is 1. The number of anilines is 2. The van der Waals surface area contributed by atoms with Crippen LogP contribution in [-0.4, -0.2) is 85.5 Å². The Balaban J connectivity index is 0.877. The van der Waals surface area contributed by atoms with Crippen molar-refractivity contribution in [3.8, 4) is 0 Å². The highest BCUT2D eigenvalue weighted by molar-refractivity contribution is 7.98. The summed E-state index contributed by atoms with van der Waals surface area (Å²) in [6, 6.07) is 12.3. The molecule has 3 fully saturated rings. The minimum absolute atomic E-state index is 0.197. The Morgan fingerprint density at radius 1 is 0.982 bits per heavy atom. The highest BCUT2D eigenvalue weighted by Gasteiger charge is 2.34. The predicted octanol–water partition coefficient (Wildman–Crippen LogP) is 5.61. The minimum Gasteiger partial charge on any atom is -0.367 e. The maximum absolute atomic E-state index is 13.4. The molecule has 3 amide bonds. The van der Waals surface area contributed by atoms with Crippen molar-refractivity contribution in [2.45, 2.75) is 61.7 Å². The Morgan fingerprint density at radius 3 is 2.45 bits per heavy atom. The fourth-order valence-corrected chi connectivity index (χ4v) is 9.02. The van der Waals surface area contributed by atoms with E-state index in [0.717, 1.165) is 91.5 Å². The summed E-state index contributed by atoms with van der Waals surface area (Å²) >= 11 is 1.41. The number of carbonyl (C=O) groups excluding carboxylic acids is 3. The Kier molecular flexibility index (Phi) is 10.2. The van der Waals surface area contributed by atoms with Gasteiger partial charge in [0.15, 0.2) is 0 Å². The van der Waals surface area contributed by atoms with Crippen LogP contribution in [-0.2, 0) is 22.8 Å². The number of rotatable bonds is 8. The van der Waals surface area contributed by atoms with Crippen LogP contribution < -0.4 is 21.2 Å². The number of piperidine rings is 1. The van der Waals surface area contributed by atoms with Crippen LogP contribution in [0.4, 0.5) is 24.5 Å². The second-order valence-electron chi connectivity index (χ2n) is 14.9. The first-order valence-electron chi connectivity index (χ1n) is 18.8. The molecule has 3 aliphatic rings. The average Bonchev–Trinajstić information content (AvgIpc) is 3.72. The fraction of sp³-hybridized carbons (Fsp3) is 0.436. The van der Waals surface area contributed by atoms with Gasteiger partial charge < -0.3 is 10.2 Å². The van der Waals surface area contributed by atoms with Crippen LogP contribution in [0.25, 0.3) is 21.9 Å². The third kappa shape index (κ3) is 7.29. The van der Waals surface area contributed by atoms with E-state index < -0.39 is 29.7 Å². The number of hydrogen-bond donors (Lipinski definition) is 2. The summed E-state index contributed by atoms with van der Waals surface area (Å²) in [6.07, 6.45) is 3.80. The molecule has 2 N–H and O–H groups in total. The van der Waals surface area contributed by atoms with E-state index in [1.54, 1.807) is 11.6 Å². The molecule has 8 rings (SSSR count). The number of halogens is 3. The highest BCUT2D eigenvalue weighted by atomic mass is 32.2. The normalized spacial score (nSPS) is 21.2. The molecule has 5 aromatic rings. The van der Waals surface area contributed by atoms with Gasteiger partial charge in [0.2, 0.25) is 11.8 Å². The first kappa shape index (κ1) is 37.7. The van der Waals surface area contributed by atoms with Gasteiger partial charge in [0.05, 0.1) is 34.0 Å². The zero-order chi connectivity index (χ0) is 39.3. The fourth-order valence-electron chi connectivity index (χ4n) is 8.46. The van der Waals surface area contributed by atoms with Gasteiger partial charge in [-0.1, -0.05) is 12.1 Å². The monoisotopic (exact) mass is 789 g/mol. The molecular weight excluding hydrogens is 748 g/mol. The number of nitrogens with zero attached hydrogens (tertiary/aromatic N) is 7. The van der Waals surface area contributed by atoms with Gasteiger partial charge in [0.1, 0.15) is 17.4 Å². The van der Waals surface area contributed by atoms with E-state index in [1.165, 1.54) is 28.5 Å². The van der Waals surface area contributed by atoms with Crippen molar-refractivity contribution >= 4 is 62.8 Å². The number of thioether (sulfide) groups is 1. The molecule has 1 unspecified atom stereocenters. The predicted molar refractivity (Wildman–Crippen MR) is 207 cm³/mol. The van der Waals surface area contributed by atoms with Gasteiger partial charge in [-0.25, -0.2) is 9.78 Å². The van der Waals surface area contributed by atoms with E-state index >= 15 is 0 Å². The lowest BCUT2D eigenvalue weighted by atomic mass is 9.85. The molecule has 0 radical (unpaired) electrons. The van der Waals surface area contributed by atoms with E-state index in [4.69, 9.17) is 5.10 Å². The summed E-state index contributed by atoms with van der Waals surface area (Å²) < 4.78 is 44.7. The Morgan fingerprint density at radius 2 is 1.73 bits per heavy atom. The maximum atomic E-state index is 13.4. The third-order valence-corrected chi connectivity index (χ3v) is 12.2. The maximum Gasteiger partial charge on any atom is 0.433 e. The van der Waals surface area contributed by atoms with Crippen LogP contribution in [0.3, 0.4) is 0 Å². The molecular formula is C39H42F3N9O4S. The van der Waals surface area contributed by atoms with Gasteiger partial charge in [0.25, 0.3) is 5.91 Å². The smallest absolute Gasteiger partial charge is 0.367 e. The number of aryl methyl sites for hydroxylation is 1. The van der Waals surface area contributed by atoms with Crippen molar-refractivity contribution in [2.75, 3.05) is 49.2 Å². The van der Waals surface area contributed by atoms with Crippen LogP contribution in [0.5, 0.6) is 0 Å². The molecule has 1 atom stereocenters. The second-order valence-corrected chi connectivity index (χ2v) is 15.7. The number of alkyl halides is 3. The van der Waals surface area contributed by atoms with Crippen LogP contribution in [0.1, 0.15) is 66.8 Å². The molecule has 3 aromatic heterocycles. The summed E-state index contributed by atoms with van der Waals surface area (Å²) in [5, 5.41) is 10.8. The van der Waals surface area contributed by atoms with E-state index in [0.29, 0.717) is 23.5 Å². The molecule has 1 aliphatic carbocycles. The van der Waals surface area contributed by atoms with Crippen LogP contribution in [0.15, 0.2) is 64.4 Å². The summed E-state index contributed by atoms with van der Waals surface area (Å²) in [5.41, 5.74) is 2.02. The van der Waals surface area contributed by atoms with Crippen molar-refractivity contribution in [2.24, 2.45) is 13.0 Å². The SMILES string of the molecule is CSc1cc2nn(C3CCC(CN4CCN(c5cccc6c5n(C)c(=O)n6C5CCC(=O)NC5=O)CC4)CC3)cc2cc1NC(=O)c1cccc(C(F)(F)F)n1. The molecule has 2 aromatic carbocycles. The van der Waals surface area contributed by atoms with Crippen molar-refractivity contribution in [3.05, 3.63) is 76.6 Å². The molecule has 294 valence electrons. The quantitative estimate of drug-likeness (QED) is 0.152. The van der Waals surface area contributed by atoms with Gasteiger partial charge in [-0.15, -0.1) is 11.8 Å². The number of aromatic nitrogens is 5. The topological polar surface area (TPSA) is 139 Å². The third-order valence-electron chi connectivity index (χ3n) is 11.4. The summed E-state index contributed by atoms with van der Waals surface area (Å²) in [4.78, 5) is 59.9. The van der Waals surface area contributed by atoms with Gasteiger partial charge in [-0.3, -0.25) is 38.4 Å². The van der Waals surface area contributed by atoms with Crippen molar-refractivity contribution in [1.82, 2.24) is 34.1 Å². The largest absolute Gasteiger partial charge is 0.433 e. The lowest BCUT2D eigenvalue weighted by Crippen LogP contribution is -2.48. The van der Waals surface area contributed by atoms with Gasteiger partial charge in [-0.2, -0.15) is 18.3 Å². The zero-order valence-corrected chi connectivity index (χ0v) is 31.8. The molecule has 0 spiro atoms. The average molecular weight is 790 g/mol. The van der Waals surface area contributed by atoms with Gasteiger partial charge >= 0.3 is 11.9 Å². The van der Waals surface area contributed by atoms with Crippen LogP contribution in [0, 0.1) is 5.92 Å². The Hall–Kier alpha value is -5.16. The van der Waals surface area contributed by atoms with E-state index in [-0.39, 0.29) is 29.8 Å². The van der Waals surface area contributed by atoms with E-state index in [2.05, 4.69) is 25.4 Å². The number of nitrogens with one attached hydrogen (secondary N) is 2. The van der Waals surface area contributed by atoms with E-state index in [9.17, 15) is 32.3 Å². The lowest BCUT2D eigenvalue weighted by Gasteiger charge is -2.39. The van der Waals surface area contributed by atoms with Gasteiger partial charge in [0, 0.05) is 62.7 Å². The number of fused-ring (bicyclic) bond motifs is 2. The Bertz CT molecular complexity index is 2390. The number of benzene rings is 2. The molecule has 5 heterocycles. The van der Waals surface area contributed by atoms with Crippen molar-refractivity contribution < 1.29 is 27.6 Å². The second kappa shape index (κ2) is 15.1. The molecule has 1 saturated carbocycles. The first-order valence-corrected chi connectivity index (χ1v) is 20.0. The zero-order valence-electron chi connectivity index (χ0n) is 31.0. The number of imide groups is 1. The van der Waals surface area contributed by atoms with Crippen LogP contribution in [0.2, 0.25) is 0 Å². The number of imidazole rings is 1. The van der Waals surface area contributed by atoms with Crippen LogP contribution >= 0.6 is 11.8 Å². The number of hydrogen-bond acceptors (Lipinski definition) is 9. The number of piperazine rings is 1. The minimum atomic E-state index is -4.65. The molecule has 0 bridgehead atoms. The molecule has 13 nitrogen and oxygen atoms in total. The highest BCUT2D eigenvalue weighted by Crippen LogP contribution is 2.37. The van der Waals surface area contributed by atoms with Gasteiger partial charge in [-0.05, 0) is 80.7 Å². The summed E-state index contributed by atoms with van der Waals surface area (Å²) in [7, 11) is 1.74. The number of amides is 3. The summed E-state index contributed by atoms with van der Waals surface area (Å²) in [6.45, 7) is 4.41. The summed E-state index contributed by atoms with van der Waals surface area (Å²) in [5.74, 6) is -0.916. The Labute approximate surface area is 324 Å². The first-order chi connectivity index (χ1) is 26.9. The molecule has 2 saturated heterocycles.